The van der Waals surface area contributed by atoms with Crippen molar-refractivity contribution in [2.75, 3.05) is 5.32 Å². The summed E-state index contributed by atoms with van der Waals surface area (Å²) in [5.41, 5.74) is 2.59. The number of thioether (sulfide) groups is 1. The van der Waals surface area contributed by atoms with Crippen molar-refractivity contribution in [2.45, 2.75) is 23.6 Å². The van der Waals surface area contributed by atoms with Crippen molar-refractivity contribution in [3.63, 3.8) is 0 Å². The molecule has 0 aliphatic carbocycles. The summed E-state index contributed by atoms with van der Waals surface area (Å²) < 4.78 is 1.49. The third-order valence-electron chi connectivity index (χ3n) is 4.45. The van der Waals surface area contributed by atoms with E-state index in [9.17, 15) is 9.59 Å². The van der Waals surface area contributed by atoms with Crippen LogP contribution in [-0.2, 0) is 17.1 Å². The minimum atomic E-state index is -0.131. The number of hydrogen-bond donors (Lipinski definition) is 1. The van der Waals surface area contributed by atoms with Gasteiger partial charge in [-0.05, 0) is 46.7 Å². The summed E-state index contributed by atoms with van der Waals surface area (Å²) in [6.07, 6.45) is 1.70. The summed E-state index contributed by atoms with van der Waals surface area (Å²) in [6, 6.07) is 17.1. The molecule has 4 aromatic rings. The van der Waals surface area contributed by atoms with Gasteiger partial charge in [0.1, 0.15) is 0 Å². The normalized spacial score (nSPS) is 10.9. The second kappa shape index (κ2) is 9.07. The molecule has 2 aromatic heterocycles. The van der Waals surface area contributed by atoms with Crippen LogP contribution in [0.1, 0.15) is 12.0 Å². The Morgan fingerprint density at radius 2 is 1.93 bits per heavy atom. The number of para-hydroxylation sites is 2. The predicted octanol–water partition coefficient (Wildman–Crippen LogP) is 4.78. The lowest BCUT2D eigenvalue weighted by Crippen LogP contribution is -2.23. The zero-order valence-corrected chi connectivity index (χ0v) is 17.2. The molecule has 0 radical (unpaired) electrons. The van der Waals surface area contributed by atoms with Crippen LogP contribution in [0.4, 0.5) is 5.69 Å². The van der Waals surface area contributed by atoms with Crippen molar-refractivity contribution >= 4 is 45.6 Å². The number of thiophene rings is 1. The van der Waals surface area contributed by atoms with Gasteiger partial charge in [-0.25, -0.2) is 4.98 Å². The minimum absolute atomic E-state index is 0.130. The van der Waals surface area contributed by atoms with Crippen molar-refractivity contribution in [3.05, 3.63) is 87.6 Å². The van der Waals surface area contributed by atoms with E-state index in [0.717, 1.165) is 16.3 Å². The zero-order chi connectivity index (χ0) is 20.1. The molecule has 29 heavy (non-hydrogen) atoms. The molecule has 0 saturated heterocycles. The highest BCUT2D eigenvalue weighted by molar-refractivity contribution is 7.98. The number of anilines is 1. The number of aromatic nitrogens is 2. The first-order valence-corrected chi connectivity index (χ1v) is 11.1. The quantitative estimate of drug-likeness (QED) is 0.436. The molecule has 0 aliphatic rings. The number of carbonyl (C=O) groups is 1. The topological polar surface area (TPSA) is 64.0 Å². The number of nitrogens with zero attached hydrogens (tertiary/aromatic N) is 2. The first-order chi connectivity index (χ1) is 14.2. The molecule has 2 heterocycles. The van der Waals surface area contributed by atoms with Gasteiger partial charge in [-0.15, -0.1) is 11.8 Å². The summed E-state index contributed by atoms with van der Waals surface area (Å²) in [6.45, 7) is 0.284. The summed E-state index contributed by atoms with van der Waals surface area (Å²) in [5.74, 6) is 0.725. The molecule has 1 N–H and O–H groups in total. The second-order valence-corrected chi connectivity index (χ2v) is 8.27. The highest BCUT2D eigenvalue weighted by Crippen LogP contribution is 2.30. The third-order valence-corrected chi connectivity index (χ3v) is 6.32. The Kier molecular flexibility index (Phi) is 6.07. The molecule has 0 atom stereocenters. The zero-order valence-electron chi connectivity index (χ0n) is 15.6. The fourth-order valence-electron chi connectivity index (χ4n) is 2.93. The fourth-order valence-corrected chi connectivity index (χ4v) is 4.66. The molecule has 1 amide bonds. The van der Waals surface area contributed by atoms with Crippen LogP contribution in [0.15, 0.2) is 81.4 Å². The lowest BCUT2D eigenvalue weighted by atomic mass is 10.2. The molecule has 7 heteroatoms. The molecule has 0 saturated carbocycles. The van der Waals surface area contributed by atoms with E-state index in [1.165, 1.54) is 16.5 Å². The molecular weight excluding hydrogens is 402 g/mol. The Balaban J connectivity index is 1.40. The lowest BCUT2D eigenvalue weighted by molar-refractivity contribution is -0.116. The monoisotopic (exact) mass is 421 g/mol. The second-order valence-electron chi connectivity index (χ2n) is 6.47. The average molecular weight is 422 g/mol. The van der Waals surface area contributed by atoms with Crippen molar-refractivity contribution < 1.29 is 4.79 Å². The van der Waals surface area contributed by atoms with E-state index in [0.29, 0.717) is 10.9 Å². The van der Waals surface area contributed by atoms with Gasteiger partial charge in [0.15, 0.2) is 0 Å². The molecule has 4 rings (SSSR count). The Bertz CT molecular complexity index is 1190. The maximum atomic E-state index is 12.5. The molecular formula is C22H19N3O2S2. The first kappa shape index (κ1) is 19.4. The number of benzene rings is 2. The molecule has 0 bridgehead atoms. The van der Waals surface area contributed by atoms with E-state index in [2.05, 4.69) is 27.1 Å². The average Bonchev–Trinajstić information content (AvgIpc) is 3.26. The summed E-state index contributed by atoms with van der Waals surface area (Å²) >= 11 is 3.37. The van der Waals surface area contributed by atoms with Gasteiger partial charge < -0.3 is 5.32 Å². The number of hydrogen-bond acceptors (Lipinski definition) is 5. The first-order valence-electron chi connectivity index (χ1n) is 9.17. The van der Waals surface area contributed by atoms with Crippen LogP contribution in [0.5, 0.6) is 0 Å². The number of aryl methyl sites for hydroxylation is 1. The van der Waals surface area contributed by atoms with Gasteiger partial charge in [0.2, 0.25) is 5.91 Å². The van der Waals surface area contributed by atoms with Crippen LogP contribution in [0.2, 0.25) is 0 Å². The summed E-state index contributed by atoms with van der Waals surface area (Å²) in [5, 5.41) is 7.73. The standard InChI is InChI=1S/C22H19N3O2S2/c26-21(9-11-25-15-23-18-6-2-1-5-17(18)22(25)27)24-19-7-3-4-8-20(19)29-14-16-10-12-28-13-16/h1-8,10,12-13,15H,9,11,14H2,(H,24,26). The Labute approximate surface area is 176 Å². The molecule has 0 aliphatic heterocycles. The van der Waals surface area contributed by atoms with E-state index in [1.54, 1.807) is 35.2 Å². The highest BCUT2D eigenvalue weighted by Gasteiger charge is 2.09. The number of rotatable bonds is 7. The van der Waals surface area contributed by atoms with Crippen LogP contribution in [0.3, 0.4) is 0 Å². The van der Waals surface area contributed by atoms with E-state index in [-0.39, 0.29) is 24.4 Å². The van der Waals surface area contributed by atoms with Crippen LogP contribution in [0.25, 0.3) is 10.9 Å². The maximum Gasteiger partial charge on any atom is 0.261 e. The van der Waals surface area contributed by atoms with Gasteiger partial charge in [0, 0.05) is 23.6 Å². The van der Waals surface area contributed by atoms with Gasteiger partial charge in [-0.1, -0.05) is 24.3 Å². The van der Waals surface area contributed by atoms with Crippen LogP contribution in [-0.4, -0.2) is 15.5 Å². The Hall–Kier alpha value is -2.90. The fraction of sp³-hybridized carbons (Fsp3) is 0.136. The van der Waals surface area contributed by atoms with Gasteiger partial charge >= 0.3 is 0 Å². The molecule has 0 spiro atoms. The molecule has 146 valence electrons. The minimum Gasteiger partial charge on any atom is -0.325 e. The van der Waals surface area contributed by atoms with E-state index < -0.39 is 0 Å². The van der Waals surface area contributed by atoms with Crippen LogP contribution < -0.4 is 10.9 Å². The Morgan fingerprint density at radius 3 is 2.79 bits per heavy atom. The summed E-state index contributed by atoms with van der Waals surface area (Å²) in [7, 11) is 0. The van der Waals surface area contributed by atoms with E-state index >= 15 is 0 Å². The number of carbonyl (C=O) groups excluding carboxylic acids is 1. The lowest BCUT2D eigenvalue weighted by Gasteiger charge is -2.11. The molecule has 0 fully saturated rings. The maximum absolute atomic E-state index is 12.5. The predicted molar refractivity (Wildman–Crippen MR) is 120 cm³/mol. The number of nitrogens with one attached hydrogen (secondary N) is 1. The molecule has 2 aromatic carbocycles. The van der Waals surface area contributed by atoms with Gasteiger partial charge in [0.05, 0.1) is 22.9 Å². The van der Waals surface area contributed by atoms with Crippen molar-refractivity contribution in [1.29, 1.82) is 0 Å². The van der Waals surface area contributed by atoms with E-state index in [4.69, 9.17) is 0 Å². The summed E-state index contributed by atoms with van der Waals surface area (Å²) in [4.78, 5) is 30.4. The van der Waals surface area contributed by atoms with Crippen molar-refractivity contribution in [2.24, 2.45) is 0 Å². The van der Waals surface area contributed by atoms with Crippen molar-refractivity contribution in [3.8, 4) is 0 Å². The SMILES string of the molecule is O=C(CCn1cnc2ccccc2c1=O)Nc1ccccc1SCc1ccsc1. The number of amides is 1. The van der Waals surface area contributed by atoms with Crippen LogP contribution >= 0.6 is 23.1 Å². The van der Waals surface area contributed by atoms with Gasteiger partial charge in [-0.3, -0.25) is 14.2 Å². The van der Waals surface area contributed by atoms with Gasteiger partial charge in [0.25, 0.3) is 5.56 Å². The van der Waals surface area contributed by atoms with E-state index in [1.807, 2.05) is 36.4 Å². The smallest absolute Gasteiger partial charge is 0.261 e. The van der Waals surface area contributed by atoms with Gasteiger partial charge in [-0.2, -0.15) is 11.3 Å². The third kappa shape index (κ3) is 4.75. The Morgan fingerprint density at radius 1 is 1.10 bits per heavy atom. The van der Waals surface area contributed by atoms with Crippen LogP contribution in [0, 0.1) is 0 Å². The number of fused-ring (bicyclic) bond motifs is 1. The molecule has 0 unspecified atom stereocenters. The molecule has 5 nitrogen and oxygen atoms in total. The highest BCUT2D eigenvalue weighted by atomic mass is 32.2. The van der Waals surface area contributed by atoms with Crippen molar-refractivity contribution in [1.82, 2.24) is 9.55 Å². The largest absolute Gasteiger partial charge is 0.325 e.